The fourth-order valence-electron chi connectivity index (χ4n) is 3.52. The van der Waals surface area contributed by atoms with Crippen molar-refractivity contribution in [2.75, 3.05) is 28.6 Å². The number of aromatic nitrogens is 2. The first-order chi connectivity index (χ1) is 14.1. The number of carbonyl (C=O) groups is 1. The van der Waals surface area contributed by atoms with Crippen LogP contribution in [-0.2, 0) is 0 Å². The van der Waals surface area contributed by atoms with Gasteiger partial charge in [-0.2, -0.15) is 0 Å². The summed E-state index contributed by atoms with van der Waals surface area (Å²) in [5.41, 5.74) is 5.03. The number of hydrogen-bond acceptors (Lipinski definition) is 5. The van der Waals surface area contributed by atoms with Gasteiger partial charge in [-0.05, 0) is 74.7 Å². The molecule has 2 N–H and O–H groups in total. The number of anilines is 4. The van der Waals surface area contributed by atoms with Crippen molar-refractivity contribution in [3.05, 3.63) is 71.5 Å². The van der Waals surface area contributed by atoms with Gasteiger partial charge in [-0.25, -0.2) is 9.97 Å². The highest BCUT2D eigenvalue weighted by molar-refractivity contribution is 6.03. The lowest BCUT2D eigenvalue weighted by Crippen LogP contribution is -2.18. The van der Waals surface area contributed by atoms with E-state index in [4.69, 9.17) is 0 Å². The highest BCUT2D eigenvalue weighted by atomic mass is 16.1. The zero-order chi connectivity index (χ0) is 20.2. The summed E-state index contributed by atoms with van der Waals surface area (Å²) < 4.78 is 0. The molecule has 0 bridgehead atoms. The van der Waals surface area contributed by atoms with Crippen LogP contribution in [0.5, 0.6) is 0 Å². The van der Waals surface area contributed by atoms with Gasteiger partial charge in [0.2, 0.25) is 5.95 Å². The van der Waals surface area contributed by atoms with Crippen molar-refractivity contribution in [2.24, 2.45) is 0 Å². The molecule has 2 aromatic carbocycles. The second kappa shape index (κ2) is 8.31. The van der Waals surface area contributed by atoms with Crippen molar-refractivity contribution in [2.45, 2.75) is 26.7 Å². The molecular weight excluding hydrogens is 362 g/mol. The Morgan fingerprint density at radius 3 is 2.41 bits per heavy atom. The standard InChI is InChI=1S/C23H25N5O/c1-16-6-5-7-19(14-16)26-23-24-17(2)15-21(27-23)22(29)25-18-8-10-20(11-9-18)28-12-3-4-13-28/h5-11,14-15H,3-4,12-13H2,1-2H3,(H,25,29)(H,24,26,27). The van der Waals surface area contributed by atoms with Gasteiger partial charge in [0.1, 0.15) is 5.69 Å². The van der Waals surface area contributed by atoms with Gasteiger partial charge in [-0.15, -0.1) is 0 Å². The fraction of sp³-hybridized carbons (Fsp3) is 0.261. The zero-order valence-electron chi connectivity index (χ0n) is 16.8. The average Bonchev–Trinajstić information content (AvgIpc) is 3.23. The molecule has 0 spiro atoms. The monoisotopic (exact) mass is 387 g/mol. The van der Waals surface area contributed by atoms with Gasteiger partial charge < -0.3 is 15.5 Å². The number of benzene rings is 2. The Morgan fingerprint density at radius 2 is 1.69 bits per heavy atom. The van der Waals surface area contributed by atoms with E-state index in [-0.39, 0.29) is 5.91 Å². The zero-order valence-corrected chi connectivity index (χ0v) is 16.8. The van der Waals surface area contributed by atoms with Crippen LogP contribution >= 0.6 is 0 Å². The molecule has 1 aliphatic rings. The molecular formula is C23H25N5O. The van der Waals surface area contributed by atoms with Crippen LogP contribution in [0.15, 0.2) is 54.6 Å². The van der Waals surface area contributed by atoms with Crippen LogP contribution in [0.2, 0.25) is 0 Å². The maximum Gasteiger partial charge on any atom is 0.274 e. The van der Waals surface area contributed by atoms with Crippen LogP contribution in [0, 0.1) is 13.8 Å². The van der Waals surface area contributed by atoms with E-state index in [0.717, 1.165) is 35.7 Å². The number of nitrogens with zero attached hydrogens (tertiary/aromatic N) is 3. The van der Waals surface area contributed by atoms with E-state index < -0.39 is 0 Å². The second-order valence-corrected chi connectivity index (χ2v) is 7.41. The molecule has 0 saturated carbocycles. The summed E-state index contributed by atoms with van der Waals surface area (Å²) in [6.45, 7) is 6.08. The lowest BCUT2D eigenvalue weighted by Gasteiger charge is -2.17. The van der Waals surface area contributed by atoms with Crippen LogP contribution in [-0.4, -0.2) is 29.0 Å². The maximum atomic E-state index is 12.7. The molecule has 4 rings (SSSR count). The maximum absolute atomic E-state index is 12.7. The minimum atomic E-state index is -0.253. The SMILES string of the molecule is Cc1cccc(Nc2nc(C)cc(C(=O)Nc3ccc(N4CCCC4)cc3)n2)c1. The average molecular weight is 387 g/mol. The summed E-state index contributed by atoms with van der Waals surface area (Å²) in [7, 11) is 0. The smallest absolute Gasteiger partial charge is 0.274 e. The van der Waals surface area contributed by atoms with E-state index in [1.165, 1.54) is 18.5 Å². The number of carbonyl (C=O) groups excluding carboxylic acids is 1. The van der Waals surface area contributed by atoms with Gasteiger partial charge in [-0.3, -0.25) is 4.79 Å². The van der Waals surface area contributed by atoms with Crippen molar-refractivity contribution < 1.29 is 4.79 Å². The van der Waals surface area contributed by atoms with Crippen LogP contribution in [0.1, 0.15) is 34.6 Å². The van der Waals surface area contributed by atoms with Crippen molar-refractivity contribution in [1.29, 1.82) is 0 Å². The van der Waals surface area contributed by atoms with E-state index in [0.29, 0.717) is 11.6 Å². The van der Waals surface area contributed by atoms with Crippen molar-refractivity contribution in [3.8, 4) is 0 Å². The molecule has 1 fully saturated rings. The molecule has 6 heteroatoms. The quantitative estimate of drug-likeness (QED) is 0.665. The van der Waals surface area contributed by atoms with E-state index in [1.807, 2.05) is 50.2 Å². The van der Waals surface area contributed by atoms with Crippen LogP contribution < -0.4 is 15.5 Å². The van der Waals surface area contributed by atoms with Crippen molar-refractivity contribution in [3.63, 3.8) is 0 Å². The Labute approximate surface area is 171 Å². The highest BCUT2D eigenvalue weighted by Crippen LogP contribution is 2.22. The third-order valence-electron chi connectivity index (χ3n) is 4.96. The van der Waals surface area contributed by atoms with Crippen molar-refractivity contribution in [1.82, 2.24) is 9.97 Å². The van der Waals surface area contributed by atoms with Crippen LogP contribution in [0.3, 0.4) is 0 Å². The predicted octanol–water partition coefficient (Wildman–Crippen LogP) is 4.69. The molecule has 29 heavy (non-hydrogen) atoms. The normalized spacial score (nSPS) is 13.4. The molecule has 0 atom stereocenters. The predicted molar refractivity (Wildman–Crippen MR) is 117 cm³/mol. The van der Waals surface area contributed by atoms with E-state index >= 15 is 0 Å². The number of rotatable bonds is 5. The van der Waals surface area contributed by atoms with Gasteiger partial charge in [0, 0.05) is 35.8 Å². The minimum absolute atomic E-state index is 0.253. The minimum Gasteiger partial charge on any atom is -0.372 e. The summed E-state index contributed by atoms with van der Waals surface area (Å²) in [6, 6.07) is 17.6. The Balaban J connectivity index is 1.47. The van der Waals surface area contributed by atoms with Gasteiger partial charge in [0.25, 0.3) is 5.91 Å². The number of aryl methyl sites for hydroxylation is 2. The topological polar surface area (TPSA) is 70.2 Å². The lowest BCUT2D eigenvalue weighted by atomic mass is 10.2. The summed E-state index contributed by atoms with van der Waals surface area (Å²) in [5.74, 6) is 0.154. The molecule has 0 unspecified atom stereocenters. The molecule has 2 heterocycles. The first kappa shape index (κ1) is 18.9. The van der Waals surface area contributed by atoms with Gasteiger partial charge in [0.15, 0.2) is 0 Å². The molecule has 0 radical (unpaired) electrons. The highest BCUT2D eigenvalue weighted by Gasteiger charge is 2.14. The summed E-state index contributed by atoms with van der Waals surface area (Å²) in [5, 5.41) is 6.10. The number of hydrogen-bond donors (Lipinski definition) is 2. The van der Waals surface area contributed by atoms with Gasteiger partial charge in [0.05, 0.1) is 0 Å². The lowest BCUT2D eigenvalue weighted by molar-refractivity contribution is 0.102. The largest absolute Gasteiger partial charge is 0.372 e. The number of nitrogens with one attached hydrogen (secondary N) is 2. The van der Waals surface area contributed by atoms with Gasteiger partial charge >= 0.3 is 0 Å². The third-order valence-corrected chi connectivity index (χ3v) is 4.96. The van der Waals surface area contributed by atoms with Crippen molar-refractivity contribution >= 4 is 28.9 Å². The summed E-state index contributed by atoms with van der Waals surface area (Å²) >= 11 is 0. The Hall–Kier alpha value is -3.41. The molecule has 3 aromatic rings. The molecule has 1 saturated heterocycles. The summed E-state index contributed by atoms with van der Waals surface area (Å²) in [4.78, 5) is 23.9. The molecule has 6 nitrogen and oxygen atoms in total. The Morgan fingerprint density at radius 1 is 0.931 bits per heavy atom. The third kappa shape index (κ3) is 4.71. The molecule has 0 aliphatic carbocycles. The first-order valence-corrected chi connectivity index (χ1v) is 9.92. The summed E-state index contributed by atoms with van der Waals surface area (Å²) in [6.07, 6.45) is 2.48. The fourth-order valence-corrected chi connectivity index (χ4v) is 3.52. The Kier molecular flexibility index (Phi) is 5.42. The second-order valence-electron chi connectivity index (χ2n) is 7.41. The molecule has 1 aromatic heterocycles. The molecule has 148 valence electrons. The Bertz CT molecular complexity index is 1010. The van der Waals surface area contributed by atoms with E-state index in [9.17, 15) is 4.79 Å². The molecule has 1 amide bonds. The molecule has 1 aliphatic heterocycles. The first-order valence-electron chi connectivity index (χ1n) is 9.92. The van der Waals surface area contributed by atoms with Gasteiger partial charge in [-0.1, -0.05) is 12.1 Å². The van der Waals surface area contributed by atoms with Crippen LogP contribution in [0.25, 0.3) is 0 Å². The van der Waals surface area contributed by atoms with Crippen LogP contribution in [0.4, 0.5) is 23.0 Å². The van der Waals surface area contributed by atoms with E-state index in [2.05, 4.69) is 37.6 Å². The van der Waals surface area contributed by atoms with E-state index in [1.54, 1.807) is 6.07 Å². The number of amides is 1.